The summed E-state index contributed by atoms with van der Waals surface area (Å²) in [6.07, 6.45) is 8.11. The van der Waals surface area contributed by atoms with Gasteiger partial charge in [-0.3, -0.25) is 0 Å². The van der Waals surface area contributed by atoms with Crippen LogP contribution in [-0.2, 0) is 6.42 Å². The molecule has 3 nitrogen and oxygen atoms in total. The Bertz CT molecular complexity index is 760. The Labute approximate surface area is 156 Å². The third-order valence-corrected chi connectivity index (χ3v) is 4.68. The fourth-order valence-corrected chi connectivity index (χ4v) is 3.12. The molecule has 0 aliphatic carbocycles. The number of aromatic amines is 1. The first-order valence-electron chi connectivity index (χ1n) is 9.77. The highest BCUT2D eigenvalue weighted by molar-refractivity contribution is 5.68. The average molecular weight is 348 g/mol. The quantitative estimate of drug-likeness (QED) is 0.478. The van der Waals surface area contributed by atoms with E-state index in [0.717, 1.165) is 31.0 Å². The zero-order chi connectivity index (χ0) is 18.0. The van der Waals surface area contributed by atoms with Gasteiger partial charge in [0.2, 0.25) is 0 Å². The van der Waals surface area contributed by atoms with Crippen LogP contribution in [0.5, 0.6) is 0 Å². The standard InChI is InChI=1S/C23H29N3/c1-2-3-4-8-16-24-17-15-23-25-18-22(26-23)21-13-11-20(12-14-21)19-9-6-5-7-10-19/h5-7,9-14,18,24H,2-4,8,15-17H2,1H3,(H,25,26). The molecule has 2 N–H and O–H groups in total. The minimum absolute atomic E-state index is 0.940. The summed E-state index contributed by atoms with van der Waals surface area (Å²) >= 11 is 0. The van der Waals surface area contributed by atoms with Crippen LogP contribution < -0.4 is 5.32 Å². The molecule has 0 aliphatic heterocycles. The fraction of sp³-hybridized carbons (Fsp3) is 0.348. The summed E-state index contributed by atoms with van der Waals surface area (Å²) in [5.41, 5.74) is 4.74. The number of imidazole rings is 1. The van der Waals surface area contributed by atoms with Gasteiger partial charge in [0.1, 0.15) is 5.82 Å². The lowest BCUT2D eigenvalue weighted by Gasteiger charge is -2.04. The van der Waals surface area contributed by atoms with Crippen LogP contribution in [0, 0.1) is 0 Å². The van der Waals surface area contributed by atoms with Crippen molar-refractivity contribution in [3.8, 4) is 22.4 Å². The van der Waals surface area contributed by atoms with E-state index in [2.05, 4.69) is 70.7 Å². The second-order valence-electron chi connectivity index (χ2n) is 6.75. The van der Waals surface area contributed by atoms with E-state index in [9.17, 15) is 0 Å². The monoisotopic (exact) mass is 347 g/mol. The first-order chi connectivity index (χ1) is 12.9. The zero-order valence-electron chi connectivity index (χ0n) is 15.7. The van der Waals surface area contributed by atoms with Crippen LogP contribution >= 0.6 is 0 Å². The van der Waals surface area contributed by atoms with Crippen molar-refractivity contribution in [2.75, 3.05) is 13.1 Å². The van der Waals surface area contributed by atoms with Gasteiger partial charge in [-0.1, -0.05) is 80.8 Å². The van der Waals surface area contributed by atoms with Crippen molar-refractivity contribution >= 4 is 0 Å². The van der Waals surface area contributed by atoms with E-state index in [1.54, 1.807) is 0 Å². The van der Waals surface area contributed by atoms with Crippen LogP contribution in [0.3, 0.4) is 0 Å². The minimum Gasteiger partial charge on any atom is -0.342 e. The summed E-state index contributed by atoms with van der Waals surface area (Å²) in [6, 6.07) is 19.1. The fourth-order valence-electron chi connectivity index (χ4n) is 3.12. The van der Waals surface area contributed by atoms with E-state index >= 15 is 0 Å². The van der Waals surface area contributed by atoms with Crippen molar-refractivity contribution in [3.05, 3.63) is 66.6 Å². The lowest BCUT2D eigenvalue weighted by Crippen LogP contribution is -2.18. The molecular formula is C23H29N3. The SMILES string of the molecule is CCCCCCNCCc1ncc(-c2ccc(-c3ccccc3)cc2)[nH]1. The number of hydrogen-bond acceptors (Lipinski definition) is 2. The summed E-state index contributed by atoms with van der Waals surface area (Å²) in [6.45, 7) is 4.33. The molecule has 0 fully saturated rings. The van der Waals surface area contributed by atoms with Crippen LogP contribution in [0.4, 0.5) is 0 Å². The highest BCUT2D eigenvalue weighted by Crippen LogP contribution is 2.23. The Morgan fingerprint density at radius 1 is 0.808 bits per heavy atom. The number of nitrogens with zero attached hydrogens (tertiary/aromatic N) is 1. The second-order valence-corrected chi connectivity index (χ2v) is 6.75. The molecule has 0 spiro atoms. The molecule has 0 amide bonds. The third-order valence-electron chi connectivity index (χ3n) is 4.68. The molecule has 3 heteroatoms. The van der Waals surface area contributed by atoms with Crippen LogP contribution in [0.15, 0.2) is 60.8 Å². The number of nitrogens with one attached hydrogen (secondary N) is 2. The van der Waals surface area contributed by atoms with E-state index in [1.165, 1.54) is 42.4 Å². The molecule has 0 saturated heterocycles. The summed E-state index contributed by atoms with van der Waals surface area (Å²) in [5.74, 6) is 1.05. The molecule has 0 atom stereocenters. The Hall–Kier alpha value is -2.39. The molecule has 136 valence electrons. The lowest BCUT2D eigenvalue weighted by molar-refractivity contribution is 0.595. The first-order valence-corrected chi connectivity index (χ1v) is 9.77. The highest BCUT2D eigenvalue weighted by Gasteiger charge is 2.04. The molecule has 2 aromatic carbocycles. The van der Waals surface area contributed by atoms with Gasteiger partial charge in [-0.15, -0.1) is 0 Å². The Kier molecular flexibility index (Phi) is 7.03. The molecule has 0 bridgehead atoms. The Morgan fingerprint density at radius 2 is 1.54 bits per heavy atom. The van der Waals surface area contributed by atoms with Crippen LogP contribution in [-0.4, -0.2) is 23.1 Å². The normalized spacial score (nSPS) is 11.0. The highest BCUT2D eigenvalue weighted by atomic mass is 14.9. The van der Waals surface area contributed by atoms with Gasteiger partial charge >= 0.3 is 0 Å². The summed E-state index contributed by atoms with van der Waals surface area (Å²) < 4.78 is 0. The predicted molar refractivity (Wildman–Crippen MR) is 110 cm³/mol. The minimum atomic E-state index is 0.940. The summed E-state index contributed by atoms with van der Waals surface area (Å²) in [5, 5.41) is 3.51. The van der Waals surface area contributed by atoms with Crippen molar-refractivity contribution < 1.29 is 0 Å². The molecule has 1 aromatic heterocycles. The van der Waals surface area contributed by atoms with Gasteiger partial charge in [0.05, 0.1) is 11.9 Å². The summed E-state index contributed by atoms with van der Waals surface area (Å²) in [4.78, 5) is 7.97. The maximum absolute atomic E-state index is 4.52. The third kappa shape index (κ3) is 5.30. The van der Waals surface area contributed by atoms with Crippen molar-refractivity contribution in [1.82, 2.24) is 15.3 Å². The van der Waals surface area contributed by atoms with Crippen molar-refractivity contribution in [2.45, 2.75) is 39.0 Å². The van der Waals surface area contributed by atoms with E-state index in [1.807, 2.05) is 12.3 Å². The molecule has 0 unspecified atom stereocenters. The number of aromatic nitrogens is 2. The number of unbranched alkanes of at least 4 members (excludes halogenated alkanes) is 3. The summed E-state index contributed by atoms with van der Waals surface area (Å²) in [7, 11) is 0. The predicted octanol–water partition coefficient (Wildman–Crippen LogP) is 5.46. The van der Waals surface area contributed by atoms with Gasteiger partial charge in [-0.2, -0.15) is 0 Å². The van der Waals surface area contributed by atoms with E-state index in [4.69, 9.17) is 0 Å². The largest absolute Gasteiger partial charge is 0.342 e. The van der Waals surface area contributed by atoms with Crippen molar-refractivity contribution in [3.63, 3.8) is 0 Å². The van der Waals surface area contributed by atoms with Gasteiger partial charge < -0.3 is 10.3 Å². The molecule has 3 rings (SSSR count). The molecule has 0 radical (unpaired) electrons. The van der Waals surface area contributed by atoms with Crippen LogP contribution in [0.1, 0.15) is 38.4 Å². The van der Waals surface area contributed by atoms with Gasteiger partial charge in [0.25, 0.3) is 0 Å². The maximum Gasteiger partial charge on any atom is 0.107 e. The Morgan fingerprint density at radius 3 is 2.31 bits per heavy atom. The number of hydrogen-bond donors (Lipinski definition) is 2. The smallest absolute Gasteiger partial charge is 0.107 e. The van der Waals surface area contributed by atoms with Crippen LogP contribution in [0.2, 0.25) is 0 Å². The van der Waals surface area contributed by atoms with Gasteiger partial charge in [0.15, 0.2) is 0 Å². The molecule has 3 aromatic rings. The van der Waals surface area contributed by atoms with Gasteiger partial charge in [-0.25, -0.2) is 4.98 Å². The van der Waals surface area contributed by atoms with Gasteiger partial charge in [0, 0.05) is 13.0 Å². The molecule has 26 heavy (non-hydrogen) atoms. The zero-order valence-corrected chi connectivity index (χ0v) is 15.7. The van der Waals surface area contributed by atoms with Crippen LogP contribution in [0.25, 0.3) is 22.4 Å². The van der Waals surface area contributed by atoms with E-state index in [-0.39, 0.29) is 0 Å². The van der Waals surface area contributed by atoms with E-state index < -0.39 is 0 Å². The van der Waals surface area contributed by atoms with Crippen molar-refractivity contribution in [1.29, 1.82) is 0 Å². The topological polar surface area (TPSA) is 40.7 Å². The number of benzene rings is 2. The number of rotatable bonds is 10. The molecule has 1 heterocycles. The number of H-pyrrole nitrogens is 1. The Balaban J connectivity index is 1.50. The molecule has 0 aliphatic rings. The van der Waals surface area contributed by atoms with E-state index in [0.29, 0.717) is 0 Å². The lowest BCUT2D eigenvalue weighted by atomic mass is 10.0. The average Bonchev–Trinajstić information content (AvgIpc) is 3.17. The van der Waals surface area contributed by atoms with Gasteiger partial charge in [-0.05, 0) is 29.7 Å². The van der Waals surface area contributed by atoms with Crippen molar-refractivity contribution in [2.24, 2.45) is 0 Å². The molecule has 0 saturated carbocycles. The molecular weight excluding hydrogens is 318 g/mol. The maximum atomic E-state index is 4.52. The first kappa shape index (κ1) is 18.4. The second kappa shape index (κ2) is 9.93.